The molecule has 2 aromatic heterocycles. The number of thioether (sulfide) groups is 2. The highest BCUT2D eigenvalue weighted by Crippen LogP contribution is 2.26. The Morgan fingerprint density at radius 1 is 0.878 bits per heavy atom. The Bertz CT molecular complexity index is 1350. The fourth-order valence-electron chi connectivity index (χ4n) is 3.22. The SMILES string of the molecule is CCSc1cc(Br)cnc1C(CC)=NC.CCSc1cc(Br)cnc1C(CC)=NO.Cc1ccc(S(=O)(=O)Cl)cc1. The molecule has 0 saturated carbocycles. The maximum Gasteiger partial charge on any atom is 0.261 e. The standard InChI is InChI=1S/C11H15BrN2S.C10H13BrN2OS.C7H7ClO2S/c1-4-9(13-3)11-10(15-5-2)6-8(12)7-14-11;1-3-8(13-14)10-9(15-4-2)5-7(11)6-12-10;1-6-2-4-7(5-3-6)11(8,9)10/h6-7H,4-5H2,1-3H3;5-6,14H,3-4H2,1-2H3;2-5H,1H3. The Hall–Kier alpha value is -1.44. The van der Waals surface area contributed by atoms with Gasteiger partial charge in [-0.05, 0) is 87.4 Å². The van der Waals surface area contributed by atoms with E-state index in [4.69, 9.17) is 15.9 Å². The zero-order valence-corrected chi connectivity index (χ0v) is 30.2. The molecule has 0 atom stereocenters. The van der Waals surface area contributed by atoms with Crippen molar-refractivity contribution in [2.45, 2.75) is 62.1 Å². The Morgan fingerprint density at radius 3 is 1.66 bits per heavy atom. The van der Waals surface area contributed by atoms with Gasteiger partial charge >= 0.3 is 0 Å². The lowest BCUT2D eigenvalue weighted by Crippen LogP contribution is -2.04. The first-order valence-corrected chi connectivity index (χ1v) is 18.6. The molecule has 0 radical (unpaired) electrons. The van der Waals surface area contributed by atoms with Gasteiger partial charge in [0, 0.05) is 48.9 Å². The van der Waals surface area contributed by atoms with Gasteiger partial charge in [-0.1, -0.05) is 50.5 Å². The summed E-state index contributed by atoms with van der Waals surface area (Å²) in [5.41, 5.74) is 4.50. The Kier molecular flexibility index (Phi) is 18.1. The van der Waals surface area contributed by atoms with E-state index in [0.717, 1.165) is 54.4 Å². The van der Waals surface area contributed by atoms with Crippen LogP contribution in [0, 0.1) is 6.92 Å². The molecule has 0 aliphatic carbocycles. The van der Waals surface area contributed by atoms with Crippen LogP contribution in [-0.2, 0) is 9.05 Å². The molecule has 2 heterocycles. The van der Waals surface area contributed by atoms with Crippen LogP contribution in [0.25, 0.3) is 0 Å². The van der Waals surface area contributed by atoms with Crippen LogP contribution >= 0.6 is 66.1 Å². The smallest absolute Gasteiger partial charge is 0.261 e. The maximum atomic E-state index is 10.7. The van der Waals surface area contributed by atoms with Crippen LogP contribution < -0.4 is 0 Å². The third kappa shape index (κ3) is 13.2. The van der Waals surface area contributed by atoms with Crippen molar-refractivity contribution in [2.24, 2.45) is 10.1 Å². The molecule has 0 saturated heterocycles. The van der Waals surface area contributed by atoms with Crippen molar-refractivity contribution in [3.8, 4) is 0 Å². The average Bonchev–Trinajstić information content (AvgIpc) is 2.93. The number of oxime groups is 1. The Labute approximate surface area is 273 Å². The summed E-state index contributed by atoms with van der Waals surface area (Å²) in [6.45, 7) is 10.2. The Balaban J connectivity index is 0.000000312. The summed E-state index contributed by atoms with van der Waals surface area (Å²) in [5.74, 6) is 2.01. The van der Waals surface area contributed by atoms with Crippen LogP contribution in [0.5, 0.6) is 0 Å². The number of nitrogens with zero attached hydrogens (tertiary/aromatic N) is 4. The predicted octanol–water partition coefficient (Wildman–Crippen LogP) is 9.25. The quantitative estimate of drug-likeness (QED) is 0.0762. The molecule has 13 heteroatoms. The molecule has 0 aliphatic heterocycles. The zero-order valence-electron chi connectivity index (χ0n) is 23.9. The summed E-state index contributed by atoms with van der Waals surface area (Å²) >= 11 is 10.3. The second-order valence-electron chi connectivity index (χ2n) is 8.04. The molecule has 1 aromatic carbocycles. The monoisotopic (exact) mass is 764 g/mol. The number of rotatable bonds is 9. The van der Waals surface area contributed by atoms with Gasteiger partial charge in [-0.25, -0.2) is 8.42 Å². The number of benzene rings is 1. The minimum Gasteiger partial charge on any atom is -0.411 e. The lowest BCUT2D eigenvalue weighted by molar-refractivity contribution is 0.318. The summed E-state index contributed by atoms with van der Waals surface area (Å²) < 4.78 is 23.4. The van der Waals surface area contributed by atoms with Gasteiger partial charge in [0.05, 0.1) is 16.3 Å². The summed E-state index contributed by atoms with van der Waals surface area (Å²) in [6.07, 6.45) is 5.14. The van der Waals surface area contributed by atoms with Crippen LogP contribution in [0.15, 0.2) is 82.6 Å². The van der Waals surface area contributed by atoms with Crippen molar-refractivity contribution in [2.75, 3.05) is 18.6 Å². The largest absolute Gasteiger partial charge is 0.411 e. The molecular weight excluding hydrogens is 732 g/mol. The van der Waals surface area contributed by atoms with Gasteiger partial charge in [0.15, 0.2) is 0 Å². The summed E-state index contributed by atoms with van der Waals surface area (Å²) in [5, 5.41) is 12.1. The van der Waals surface area contributed by atoms with Crippen molar-refractivity contribution in [1.82, 2.24) is 9.97 Å². The van der Waals surface area contributed by atoms with Crippen molar-refractivity contribution in [3.05, 3.63) is 74.7 Å². The van der Waals surface area contributed by atoms with Crippen LogP contribution in [-0.4, -0.2) is 53.6 Å². The number of halogens is 3. The highest BCUT2D eigenvalue weighted by molar-refractivity contribution is 9.10. The van der Waals surface area contributed by atoms with E-state index in [-0.39, 0.29) is 4.90 Å². The van der Waals surface area contributed by atoms with Crippen molar-refractivity contribution in [1.29, 1.82) is 0 Å². The minimum atomic E-state index is -3.55. The summed E-state index contributed by atoms with van der Waals surface area (Å²) in [4.78, 5) is 15.4. The predicted molar refractivity (Wildman–Crippen MR) is 182 cm³/mol. The number of aromatic nitrogens is 2. The molecular formula is C28H35Br2ClN4O3S3. The molecule has 0 unspecified atom stereocenters. The van der Waals surface area contributed by atoms with E-state index in [2.05, 4.69) is 78.8 Å². The maximum absolute atomic E-state index is 10.7. The third-order valence-corrected chi connectivity index (χ3v) is 9.21. The van der Waals surface area contributed by atoms with E-state index < -0.39 is 9.05 Å². The molecule has 3 aromatic rings. The van der Waals surface area contributed by atoms with Crippen molar-refractivity contribution >= 4 is 86.5 Å². The fourth-order valence-corrected chi connectivity index (χ4v) is 6.62. The van der Waals surface area contributed by atoms with Gasteiger partial charge in [0.2, 0.25) is 0 Å². The van der Waals surface area contributed by atoms with E-state index in [0.29, 0.717) is 12.1 Å². The molecule has 0 bridgehead atoms. The third-order valence-electron chi connectivity index (χ3n) is 5.15. The highest BCUT2D eigenvalue weighted by Gasteiger charge is 2.11. The molecule has 0 amide bonds. The van der Waals surface area contributed by atoms with Crippen LogP contribution in [0.3, 0.4) is 0 Å². The molecule has 1 N–H and O–H groups in total. The van der Waals surface area contributed by atoms with Gasteiger partial charge in [-0.3, -0.25) is 15.0 Å². The highest BCUT2D eigenvalue weighted by atomic mass is 79.9. The summed E-state index contributed by atoms with van der Waals surface area (Å²) in [6, 6.07) is 10.5. The lowest BCUT2D eigenvalue weighted by atomic mass is 10.2. The van der Waals surface area contributed by atoms with Crippen molar-refractivity contribution in [3.63, 3.8) is 0 Å². The number of aryl methyl sites for hydroxylation is 1. The van der Waals surface area contributed by atoms with E-state index in [9.17, 15) is 8.42 Å². The van der Waals surface area contributed by atoms with Gasteiger partial charge in [-0.15, -0.1) is 23.5 Å². The van der Waals surface area contributed by atoms with Gasteiger partial charge in [0.25, 0.3) is 9.05 Å². The minimum absolute atomic E-state index is 0.143. The second-order valence-corrected chi connectivity index (χ2v) is 15.1. The van der Waals surface area contributed by atoms with Crippen LogP contribution in [0.1, 0.15) is 57.5 Å². The van der Waals surface area contributed by atoms with E-state index >= 15 is 0 Å². The molecule has 0 fully saturated rings. The van der Waals surface area contributed by atoms with Gasteiger partial charge in [-0.2, -0.15) is 0 Å². The molecule has 3 rings (SSSR count). The number of hydrogen-bond donors (Lipinski definition) is 1. The molecule has 0 spiro atoms. The van der Waals surface area contributed by atoms with E-state index in [1.807, 2.05) is 33.2 Å². The average molecular weight is 767 g/mol. The van der Waals surface area contributed by atoms with Gasteiger partial charge < -0.3 is 5.21 Å². The fraction of sp³-hybridized carbons (Fsp3) is 0.357. The number of aliphatic imine (C=N–C) groups is 1. The number of hydrogen-bond acceptors (Lipinski definition) is 9. The van der Waals surface area contributed by atoms with Crippen molar-refractivity contribution < 1.29 is 13.6 Å². The Morgan fingerprint density at radius 2 is 1.32 bits per heavy atom. The topological polar surface area (TPSA) is 105 Å². The van der Waals surface area contributed by atoms with Gasteiger partial charge in [0.1, 0.15) is 11.4 Å². The second kappa shape index (κ2) is 19.7. The first-order chi connectivity index (χ1) is 19.4. The van der Waals surface area contributed by atoms with Crippen LogP contribution in [0.4, 0.5) is 0 Å². The lowest BCUT2D eigenvalue weighted by Gasteiger charge is -2.08. The summed E-state index contributed by atoms with van der Waals surface area (Å²) in [7, 11) is 3.36. The molecule has 41 heavy (non-hydrogen) atoms. The zero-order chi connectivity index (χ0) is 31.0. The molecule has 7 nitrogen and oxygen atoms in total. The van der Waals surface area contributed by atoms with Crippen LogP contribution in [0.2, 0.25) is 0 Å². The van der Waals surface area contributed by atoms with E-state index in [1.165, 1.54) is 17.0 Å². The first kappa shape index (κ1) is 37.6. The normalized spacial score (nSPS) is 11.7. The first-order valence-electron chi connectivity index (χ1n) is 12.7. The number of pyridine rings is 2. The molecule has 224 valence electrons. The van der Waals surface area contributed by atoms with E-state index in [1.54, 1.807) is 41.9 Å². The molecule has 0 aliphatic rings.